The van der Waals surface area contributed by atoms with E-state index in [1.54, 1.807) is 6.08 Å². The minimum atomic E-state index is -1.09. The van der Waals surface area contributed by atoms with E-state index in [0.29, 0.717) is 30.0 Å². The molecular weight excluding hydrogens is 472 g/mol. The molecule has 5 rings (SSSR count). The van der Waals surface area contributed by atoms with E-state index in [1.807, 2.05) is 41.3 Å². The number of nitriles is 1. The van der Waals surface area contributed by atoms with Crippen LogP contribution in [0.5, 0.6) is 0 Å². The van der Waals surface area contributed by atoms with Crippen molar-refractivity contribution in [3.8, 4) is 6.07 Å². The highest BCUT2D eigenvalue weighted by Crippen LogP contribution is 2.49. The molecule has 1 saturated heterocycles. The van der Waals surface area contributed by atoms with Gasteiger partial charge in [-0.25, -0.2) is 4.79 Å². The number of ketones is 1. The molecule has 4 aliphatic rings. The minimum absolute atomic E-state index is 0.0638. The number of amides is 3. The lowest BCUT2D eigenvalue weighted by Gasteiger charge is -2.31. The first kappa shape index (κ1) is 24.8. The molecule has 3 aliphatic carbocycles. The zero-order valence-corrected chi connectivity index (χ0v) is 20.7. The Morgan fingerprint density at radius 1 is 1.27 bits per heavy atom. The molecule has 2 N–H and O–H groups in total. The normalized spacial score (nSPS) is 26.8. The van der Waals surface area contributed by atoms with Crippen LogP contribution in [0.15, 0.2) is 53.6 Å². The van der Waals surface area contributed by atoms with Crippen LogP contribution in [0.2, 0.25) is 0 Å². The molecule has 192 valence electrons. The Bertz CT molecular complexity index is 1230. The summed E-state index contributed by atoms with van der Waals surface area (Å²) in [6, 6.07) is 11.7. The highest BCUT2D eigenvalue weighted by atomic mass is 16.6. The third-order valence-corrected chi connectivity index (χ3v) is 7.93. The number of Topliss-reactive ketones (excluding diaryl/α,β-unsaturated/α-hetero) is 1. The molecule has 1 aromatic rings. The van der Waals surface area contributed by atoms with Crippen molar-refractivity contribution in [3.63, 3.8) is 0 Å². The van der Waals surface area contributed by atoms with E-state index in [9.17, 15) is 19.2 Å². The minimum Gasteiger partial charge on any atom is -0.436 e. The first-order valence-electron chi connectivity index (χ1n) is 12.7. The zero-order chi connectivity index (χ0) is 26.2. The highest BCUT2D eigenvalue weighted by Gasteiger charge is 2.55. The van der Waals surface area contributed by atoms with E-state index in [2.05, 4.69) is 17.6 Å². The summed E-state index contributed by atoms with van der Waals surface area (Å²) >= 11 is 0. The van der Waals surface area contributed by atoms with E-state index in [4.69, 9.17) is 10.00 Å². The van der Waals surface area contributed by atoms with Gasteiger partial charge in [-0.1, -0.05) is 42.5 Å². The number of benzene rings is 1. The monoisotopic (exact) mass is 502 g/mol. The van der Waals surface area contributed by atoms with E-state index in [1.165, 1.54) is 6.08 Å². The summed E-state index contributed by atoms with van der Waals surface area (Å²) in [5, 5.41) is 13.9. The fraction of sp³-hybridized carbons (Fsp3) is 0.464. The lowest BCUT2D eigenvalue weighted by atomic mass is 9.83. The number of fused-ring (bicyclic) bond motifs is 1. The molecule has 2 fully saturated rings. The third-order valence-electron chi connectivity index (χ3n) is 7.93. The number of rotatable bonds is 8. The maximum Gasteiger partial charge on any atom is 0.408 e. The van der Waals surface area contributed by atoms with Crippen molar-refractivity contribution < 1.29 is 23.9 Å². The van der Waals surface area contributed by atoms with Crippen LogP contribution in [0.1, 0.15) is 38.2 Å². The van der Waals surface area contributed by atoms with Crippen molar-refractivity contribution in [1.82, 2.24) is 15.5 Å². The van der Waals surface area contributed by atoms with Gasteiger partial charge < -0.3 is 20.3 Å². The van der Waals surface area contributed by atoms with Crippen LogP contribution in [0.25, 0.3) is 0 Å². The van der Waals surface area contributed by atoms with Crippen LogP contribution in [-0.2, 0) is 25.7 Å². The van der Waals surface area contributed by atoms with Crippen LogP contribution in [0, 0.1) is 29.1 Å². The van der Waals surface area contributed by atoms with Gasteiger partial charge in [0.1, 0.15) is 12.5 Å². The summed E-state index contributed by atoms with van der Waals surface area (Å²) < 4.78 is 5.67. The highest BCUT2D eigenvalue weighted by molar-refractivity contribution is 6.14. The predicted octanol–water partition coefficient (Wildman–Crippen LogP) is 2.39. The van der Waals surface area contributed by atoms with E-state index in [0.717, 1.165) is 18.4 Å². The molecule has 1 heterocycles. The Labute approximate surface area is 215 Å². The van der Waals surface area contributed by atoms with Gasteiger partial charge in [-0.15, -0.1) is 0 Å². The smallest absolute Gasteiger partial charge is 0.408 e. The zero-order valence-electron chi connectivity index (χ0n) is 20.7. The first-order chi connectivity index (χ1) is 17.8. The molecule has 3 amide bonds. The van der Waals surface area contributed by atoms with Crippen LogP contribution in [-0.4, -0.2) is 53.3 Å². The number of nitrogens with one attached hydrogen (secondary N) is 2. The molecule has 0 aromatic heterocycles. The molecule has 0 bridgehead atoms. The number of carbonyl (C=O) groups excluding carboxylic acids is 4. The summed E-state index contributed by atoms with van der Waals surface area (Å²) in [5.41, 5.74) is 0.932. The third kappa shape index (κ3) is 4.76. The van der Waals surface area contributed by atoms with Gasteiger partial charge >= 0.3 is 6.09 Å². The predicted molar refractivity (Wildman–Crippen MR) is 132 cm³/mol. The van der Waals surface area contributed by atoms with Crippen molar-refractivity contribution >= 4 is 23.7 Å². The van der Waals surface area contributed by atoms with Gasteiger partial charge in [0, 0.05) is 42.5 Å². The number of ether oxygens (including phenoxy) is 1. The van der Waals surface area contributed by atoms with Crippen LogP contribution < -0.4 is 10.6 Å². The average Bonchev–Trinajstić information content (AvgIpc) is 3.61. The summed E-state index contributed by atoms with van der Waals surface area (Å²) in [7, 11) is 0. The van der Waals surface area contributed by atoms with Gasteiger partial charge in [0.05, 0.1) is 12.6 Å². The average molecular weight is 503 g/mol. The SMILES string of the molecule is C[C@@H](C1CC1)N(Cc1ccccc1)C(=O)CC1C[C@]2(CNC(=O)O2)C2=C1C(=O)C(C(=O)NCC#N)C=C2. The molecule has 1 aliphatic heterocycles. The molecule has 1 spiro atoms. The van der Waals surface area contributed by atoms with Crippen LogP contribution >= 0.6 is 0 Å². The fourth-order valence-corrected chi connectivity index (χ4v) is 5.84. The molecule has 0 radical (unpaired) electrons. The molecule has 9 nitrogen and oxygen atoms in total. The molecule has 2 unspecified atom stereocenters. The van der Waals surface area contributed by atoms with Gasteiger partial charge in [0.2, 0.25) is 11.8 Å². The number of hydrogen-bond acceptors (Lipinski definition) is 6. The number of hydrogen-bond donors (Lipinski definition) is 2. The summed E-state index contributed by atoms with van der Waals surface area (Å²) in [4.78, 5) is 53.9. The van der Waals surface area contributed by atoms with Crippen molar-refractivity contribution in [2.45, 2.75) is 50.8 Å². The maximum absolute atomic E-state index is 13.8. The van der Waals surface area contributed by atoms with Gasteiger partial charge in [-0.2, -0.15) is 5.26 Å². The second-order valence-corrected chi connectivity index (χ2v) is 10.3. The molecule has 4 atom stereocenters. The lowest BCUT2D eigenvalue weighted by molar-refractivity contribution is -0.135. The quantitative estimate of drug-likeness (QED) is 0.415. The van der Waals surface area contributed by atoms with Gasteiger partial charge in [-0.3, -0.25) is 14.4 Å². The van der Waals surface area contributed by atoms with Crippen molar-refractivity contribution in [2.75, 3.05) is 13.1 Å². The topological polar surface area (TPSA) is 129 Å². The Morgan fingerprint density at radius 3 is 2.68 bits per heavy atom. The van der Waals surface area contributed by atoms with Crippen LogP contribution in [0.4, 0.5) is 4.79 Å². The van der Waals surface area contributed by atoms with E-state index < -0.39 is 35.2 Å². The van der Waals surface area contributed by atoms with Crippen molar-refractivity contribution in [3.05, 3.63) is 59.2 Å². The standard InChI is InChI=1S/C28H30N4O5/c1-17(19-7-8-19)32(15-18-5-3-2-4-6-18)23(33)13-20-14-28(16-31-27(36)37-28)22-10-9-21(25(34)24(20)22)26(35)30-12-11-29/h2-6,9-10,17,19-21H,7-8,12-16H2,1H3,(H,30,35)(H,31,36)/t17-,20?,21?,28-/m0/s1. The van der Waals surface area contributed by atoms with Gasteiger partial charge in [0.15, 0.2) is 11.4 Å². The van der Waals surface area contributed by atoms with Crippen LogP contribution in [0.3, 0.4) is 0 Å². The van der Waals surface area contributed by atoms with E-state index in [-0.39, 0.29) is 31.5 Å². The maximum atomic E-state index is 13.8. The molecular formula is C28H30N4O5. The Balaban J connectivity index is 1.42. The Kier molecular flexibility index (Phi) is 6.59. The molecule has 1 aromatic carbocycles. The van der Waals surface area contributed by atoms with Gasteiger partial charge in [0.25, 0.3) is 0 Å². The fourth-order valence-electron chi connectivity index (χ4n) is 5.84. The number of carbonyl (C=O) groups is 4. The second-order valence-electron chi connectivity index (χ2n) is 10.3. The Morgan fingerprint density at radius 2 is 2.03 bits per heavy atom. The number of alkyl carbamates (subject to hydrolysis) is 1. The second kappa shape index (κ2) is 9.85. The molecule has 37 heavy (non-hydrogen) atoms. The summed E-state index contributed by atoms with van der Waals surface area (Å²) in [5.74, 6) is -2.16. The lowest BCUT2D eigenvalue weighted by Crippen LogP contribution is -2.41. The van der Waals surface area contributed by atoms with Crippen molar-refractivity contribution in [2.24, 2.45) is 17.8 Å². The van der Waals surface area contributed by atoms with Gasteiger partial charge in [-0.05, 0) is 31.2 Å². The molecule has 9 heteroatoms. The summed E-state index contributed by atoms with van der Waals surface area (Å²) in [6.07, 6.45) is 5.14. The largest absolute Gasteiger partial charge is 0.436 e. The number of nitrogens with zero attached hydrogens (tertiary/aromatic N) is 2. The summed E-state index contributed by atoms with van der Waals surface area (Å²) in [6.45, 7) is 2.55. The Hall–Kier alpha value is -3.93. The van der Waals surface area contributed by atoms with Crippen molar-refractivity contribution in [1.29, 1.82) is 5.26 Å². The molecule has 1 saturated carbocycles. The van der Waals surface area contributed by atoms with E-state index >= 15 is 0 Å². The first-order valence-corrected chi connectivity index (χ1v) is 12.7. The number of allylic oxidation sites excluding steroid dienone is 1.